The van der Waals surface area contributed by atoms with E-state index in [-0.39, 0.29) is 27.8 Å². The molecule has 0 aliphatic heterocycles. The molecule has 2 aromatic heterocycles. The van der Waals surface area contributed by atoms with Gasteiger partial charge in [-0.25, -0.2) is 9.97 Å². The molecule has 7 heteroatoms. The fourth-order valence-electron chi connectivity index (χ4n) is 1.48. The molecule has 2 aromatic rings. The number of amides is 1. The van der Waals surface area contributed by atoms with E-state index < -0.39 is 0 Å². The number of carbonyl (C=O) groups is 1. The topological polar surface area (TPSA) is 54.9 Å². The summed E-state index contributed by atoms with van der Waals surface area (Å²) in [7, 11) is 0. The Balaban J connectivity index is 2.15. The first-order valence-electron chi connectivity index (χ1n) is 5.52. The molecule has 4 nitrogen and oxygen atoms in total. The van der Waals surface area contributed by atoms with Gasteiger partial charge in [-0.05, 0) is 26.0 Å². The number of pyridine rings is 1. The third-order valence-corrected chi connectivity index (χ3v) is 4.00. The molecule has 2 rings (SSSR count). The van der Waals surface area contributed by atoms with Gasteiger partial charge in [0.05, 0.1) is 11.1 Å². The van der Waals surface area contributed by atoms with Gasteiger partial charge in [-0.2, -0.15) is 0 Å². The number of aromatic nitrogens is 2. The van der Waals surface area contributed by atoms with Gasteiger partial charge in [0.15, 0.2) is 0 Å². The number of rotatable bonds is 3. The van der Waals surface area contributed by atoms with Crippen molar-refractivity contribution in [3.8, 4) is 0 Å². The van der Waals surface area contributed by atoms with Gasteiger partial charge in [0, 0.05) is 11.1 Å². The lowest BCUT2D eigenvalue weighted by atomic mass is 10.3. The van der Waals surface area contributed by atoms with E-state index in [0.29, 0.717) is 0 Å². The zero-order chi connectivity index (χ0) is 14.0. The molecule has 0 aliphatic carbocycles. The first kappa shape index (κ1) is 14.2. The Bertz CT molecular complexity index is 615. The smallest absolute Gasteiger partial charge is 0.272 e. The molecule has 0 bridgehead atoms. The Hall–Kier alpha value is -1.17. The third-order valence-electron chi connectivity index (χ3n) is 2.38. The lowest BCUT2D eigenvalue weighted by Gasteiger charge is -2.11. The van der Waals surface area contributed by atoms with Gasteiger partial charge >= 0.3 is 0 Å². The minimum atomic E-state index is -0.368. The van der Waals surface area contributed by atoms with Gasteiger partial charge in [-0.1, -0.05) is 23.2 Å². The first-order valence-corrected chi connectivity index (χ1v) is 7.10. The normalized spacial score (nSPS) is 12.2. The predicted molar refractivity (Wildman–Crippen MR) is 77.0 cm³/mol. The fraction of sp³-hybridized carbons (Fsp3) is 0.250. The lowest BCUT2D eigenvalue weighted by molar-refractivity contribution is 0.0935. The maximum atomic E-state index is 12.1. The van der Waals surface area contributed by atoms with E-state index in [1.165, 1.54) is 17.4 Å². The monoisotopic (exact) mass is 315 g/mol. The molecule has 1 atom stereocenters. The summed E-state index contributed by atoms with van der Waals surface area (Å²) in [5, 5.41) is 4.13. The van der Waals surface area contributed by atoms with Crippen LogP contribution in [0.2, 0.25) is 10.2 Å². The Morgan fingerprint density at radius 3 is 2.79 bits per heavy atom. The zero-order valence-electron chi connectivity index (χ0n) is 10.3. The molecule has 0 fully saturated rings. The number of aryl methyl sites for hydroxylation is 1. The highest BCUT2D eigenvalue weighted by atomic mass is 35.5. The molecule has 1 amide bonds. The highest BCUT2D eigenvalue weighted by Gasteiger charge is 2.17. The standard InChI is InChI=1S/C12H11Cl2N3OS/c1-6-5-15-12(19-6)7(2)16-11(18)10-8(13)3-4-9(14)17-10/h3-5,7H,1-2H3,(H,16,18). The molecule has 19 heavy (non-hydrogen) atoms. The van der Waals surface area contributed by atoms with Crippen molar-refractivity contribution in [3.05, 3.63) is 44.1 Å². The van der Waals surface area contributed by atoms with E-state index in [4.69, 9.17) is 23.2 Å². The Morgan fingerprint density at radius 2 is 2.16 bits per heavy atom. The zero-order valence-corrected chi connectivity index (χ0v) is 12.6. The van der Waals surface area contributed by atoms with Crippen LogP contribution in [0.25, 0.3) is 0 Å². The number of nitrogens with one attached hydrogen (secondary N) is 1. The van der Waals surface area contributed by atoms with Crippen molar-refractivity contribution in [2.45, 2.75) is 19.9 Å². The molecule has 100 valence electrons. The summed E-state index contributed by atoms with van der Waals surface area (Å²) in [6, 6.07) is 2.88. The van der Waals surface area contributed by atoms with Gasteiger partial charge in [0.2, 0.25) is 0 Å². The van der Waals surface area contributed by atoms with Gasteiger partial charge < -0.3 is 5.32 Å². The number of carbonyl (C=O) groups excluding carboxylic acids is 1. The van der Waals surface area contributed by atoms with Crippen LogP contribution in [0.15, 0.2) is 18.3 Å². The van der Waals surface area contributed by atoms with Gasteiger partial charge in [-0.3, -0.25) is 4.79 Å². The van der Waals surface area contributed by atoms with Gasteiger partial charge in [0.1, 0.15) is 15.9 Å². The van der Waals surface area contributed by atoms with E-state index in [9.17, 15) is 4.79 Å². The van der Waals surface area contributed by atoms with E-state index >= 15 is 0 Å². The molecular weight excluding hydrogens is 305 g/mol. The minimum Gasteiger partial charge on any atom is -0.342 e. The second-order valence-corrected chi connectivity index (χ2v) is 6.03. The minimum absolute atomic E-state index is 0.120. The van der Waals surface area contributed by atoms with Crippen LogP contribution in [0.5, 0.6) is 0 Å². The van der Waals surface area contributed by atoms with E-state index in [2.05, 4.69) is 15.3 Å². The molecular formula is C12H11Cl2N3OS. The summed E-state index contributed by atoms with van der Waals surface area (Å²) in [6.07, 6.45) is 1.77. The molecule has 1 unspecified atom stereocenters. The summed E-state index contributed by atoms with van der Waals surface area (Å²) in [4.78, 5) is 21.3. The second-order valence-electron chi connectivity index (χ2n) is 3.97. The Morgan fingerprint density at radius 1 is 1.42 bits per heavy atom. The summed E-state index contributed by atoms with van der Waals surface area (Å²) in [5.74, 6) is -0.368. The summed E-state index contributed by atoms with van der Waals surface area (Å²) >= 11 is 13.2. The van der Waals surface area contributed by atoms with Crippen LogP contribution in [-0.2, 0) is 0 Å². The van der Waals surface area contributed by atoms with Crippen molar-refractivity contribution >= 4 is 40.4 Å². The average molecular weight is 316 g/mol. The average Bonchev–Trinajstić information content (AvgIpc) is 2.79. The van der Waals surface area contributed by atoms with Crippen molar-refractivity contribution in [1.82, 2.24) is 15.3 Å². The molecule has 0 spiro atoms. The maximum Gasteiger partial charge on any atom is 0.272 e. The lowest BCUT2D eigenvalue weighted by Crippen LogP contribution is -2.27. The van der Waals surface area contributed by atoms with E-state index in [0.717, 1.165) is 9.88 Å². The van der Waals surface area contributed by atoms with E-state index in [1.54, 1.807) is 12.3 Å². The Labute approximate surface area is 124 Å². The number of hydrogen-bond donors (Lipinski definition) is 1. The van der Waals surface area contributed by atoms with Crippen molar-refractivity contribution in [1.29, 1.82) is 0 Å². The molecule has 0 aliphatic rings. The molecule has 0 saturated carbocycles. The van der Waals surface area contributed by atoms with Crippen LogP contribution >= 0.6 is 34.5 Å². The maximum absolute atomic E-state index is 12.1. The number of hydrogen-bond acceptors (Lipinski definition) is 4. The van der Waals surface area contributed by atoms with Gasteiger partial charge in [-0.15, -0.1) is 11.3 Å². The quantitative estimate of drug-likeness (QED) is 0.880. The summed E-state index contributed by atoms with van der Waals surface area (Å²) in [5.41, 5.74) is 0.120. The predicted octanol–water partition coefficient (Wildman–Crippen LogP) is 3.64. The van der Waals surface area contributed by atoms with Crippen LogP contribution in [0, 0.1) is 6.92 Å². The van der Waals surface area contributed by atoms with Crippen LogP contribution in [-0.4, -0.2) is 15.9 Å². The van der Waals surface area contributed by atoms with Gasteiger partial charge in [0.25, 0.3) is 5.91 Å². The highest BCUT2D eigenvalue weighted by molar-refractivity contribution is 7.11. The van der Waals surface area contributed by atoms with Crippen LogP contribution in [0.1, 0.15) is 33.3 Å². The van der Waals surface area contributed by atoms with Crippen LogP contribution in [0.4, 0.5) is 0 Å². The van der Waals surface area contributed by atoms with Crippen molar-refractivity contribution in [3.63, 3.8) is 0 Å². The third kappa shape index (κ3) is 3.43. The number of nitrogens with zero attached hydrogens (tertiary/aromatic N) is 2. The van der Waals surface area contributed by atoms with Crippen molar-refractivity contribution in [2.75, 3.05) is 0 Å². The molecule has 0 aromatic carbocycles. The molecule has 1 N–H and O–H groups in total. The van der Waals surface area contributed by atoms with Crippen molar-refractivity contribution < 1.29 is 4.79 Å². The van der Waals surface area contributed by atoms with Crippen LogP contribution in [0.3, 0.4) is 0 Å². The fourth-order valence-corrected chi connectivity index (χ4v) is 2.59. The largest absolute Gasteiger partial charge is 0.342 e. The highest BCUT2D eigenvalue weighted by Crippen LogP contribution is 2.21. The molecule has 0 saturated heterocycles. The number of thiazole rings is 1. The first-order chi connectivity index (χ1) is 8.97. The molecule has 2 heterocycles. The summed E-state index contributed by atoms with van der Waals surface area (Å²) < 4.78 is 0. The number of halogens is 2. The van der Waals surface area contributed by atoms with E-state index in [1.807, 2.05) is 13.8 Å². The Kier molecular flexibility index (Phi) is 4.39. The van der Waals surface area contributed by atoms with Crippen LogP contribution < -0.4 is 5.32 Å². The summed E-state index contributed by atoms with van der Waals surface area (Å²) in [6.45, 7) is 3.82. The second kappa shape index (κ2) is 5.86. The SMILES string of the molecule is Cc1cnc(C(C)NC(=O)c2nc(Cl)ccc2Cl)s1. The molecule has 0 radical (unpaired) electrons. The van der Waals surface area contributed by atoms with Crippen molar-refractivity contribution in [2.24, 2.45) is 0 Å².